The van der Waals surface area contributed by atoms with Crippen LogP contribution in [-0.4, -0.2) is 11.6 Å². The van der Waals surface area contributed by atoms with Crippen molar-refractivity contribution in [2.75, 3.05) is 6.61 Å². The number of hydrogen-bond donors (Lipinski definition) is 0. The number of nitrogens with zero attached hydrogens (tertiary/aromatic N) is 1. The van der Waals surface area contributed by atoms with Crippen molar-refractivity contribution in [3.63, 3.8) is 0 Å². The molecule has 0 saturated heterocycles. The fourth-order valence-corrected chi connectivity index (χ4v) is 1.23. The molecule has 0 aliphatic carbocycles. The van der Waals surface area contributed by atoms with E-state index in [4.69, 9.17) is 4.74 Å². The standard InChI is InChI=1S/C9H13NOS/c1-8(2)3-4-11-6-9-5-10-7-12-9/h3,5,7H,4,6H2,1-2H3. The first-order valence-electron chi connectivity index (χ1n) is 3.87. The molecule has 2 nitrogen and oxygen atoms in total. The third-order valence-corrected chi connectivity index (χ3v) is 2.09. The summed E-state index contributed by atoms with van der Waals surface area (Å²) in [4.78, 5) is 5.14. The van der Waals surface area contributed by atoms with E-state index < -0.39 is 0 Å². The highest BCUT2D eigenvalue weighted by Crippen LogP contribution is 2.06. The van der Waals surface area contributed by atoms with E-state index in [2.05, 4.69) is 24.9 Å². The topological polar surface area (TPSA) is 22.1 Å². The maximum absolute atomic E-state index is 5.38. The van der Waals surface area contributed by atoms with Crippen molar-refractivity contribution < 1.29 is 4.74 Å². The van der Waals surface area contributed by atoms with Crippen molar-refractivity contribution >= 4 is 11.3 Å². The second kappa shape index (κ2) is 5.06. The van der Waals surface area contributed by atoms with E-state index >= 15 is 0 Å². The second-order valence-electron chi connectivity index (χ2n) is 2.76. The van der Waals surface area contributed by atoms with Crippen LogP contribution in [0.4, 0.5) is 0 Å². The van der Waals surface area contributed by atoms with Gasteiger partial charge in [0.25, 0.3) is 0 Å². The van der Waals surface area contributed by atoms with Gasteiger partial charge in [0.15, 0.2) is 0 Å². The average molecular weight is 183 g/mol. The lowest BCUT2D eigenvalue weighted by Crippen LogP contribution is -1.90. The summed E-state index contributed by atoms with van der Waals surface area (Å²) in [5, 5.41) is 0. The van der Waals surface area contributed by atoms with Crippen molar-refractivity contribution in [3.05, 3.63) is 28.2 Å². The van der Waals surface area contributed by atoms with Crippen LogP contribution < -0.4 is 0 Å². The van der Waals surface area contributed by atoms with Crippen LogP contribution in [0, 0.1) is 0 Å². The van der Waals surface area contributed by atoms with Crippen LogP contribution in [0.1, 0.15) is 18.7 Å². The quantitative estimate of drug-likeness (QED) is 0.529. The van der Waals surface area contributed by atoms with Crippen molar-refractivity contribution in [1.82, 2.24) is 4.98 Å². The Morgan fingerprint density at radius 1 is 1.67 bits per heavy atom. The highest BCUT2D eigenvalue weighted by Gasteiger charge is 1.92. The van der Waals surface area contributed by atoms with Crippen LogP contribution in [0.2, 0.25) is 0 Å². The lowest BCUT2D eigenvalue weighted by atomic mass is 10.3. The number of rotatable bonds is 4. The molecule has 1 aromatic rings. The Kier molecular flexibility index (Phi) is 3.97. The molecule has 0 fully saturated rings. The van der Waals surface area contributed by atoms with Crippen LogP contribution in [0.15, 0.2) is 23.4 Å². The number of thiazole rings is 1. The third-order valence-electron chi connectivity index (χ3n) is 1.34. The van der Waals surface area contributed by atoms with Gasteiger partial charge in [-0.1, -0.05) is 11.6 Å². The molecule has 0 unspecified atom stereocenters. The van der Waals surface area contributed by atoms with E-state index in [-0.39, 0.29) is 0 Å². The number of ether oxygens (including phenoxy) is 1. The third kappa shape index (κ3) is 3.64. The number of aromatic nitrogens is 1. The molecule has 0 aromatic carbocycles. The molecule has 1 heterocycles. The highest BCUT2D eigenvalue weighted by atomic mass is 32.1. The summed E-state index contributed by atoms with van der Waals surface area (Å²) in [7, 11) is 0. The van der Waals surface area contributed by atoms with Gasteiger partial charge in [-0.15, -0.1) is 11.3 Å². The molecule has 0 N–H and O–H groups in total. The molecule has 1 rings (SSSR count). The smallest absolute Gasteiger partial charge is 0.0829 e. The van der Waals surface area contributed by atoms with Crippen LogP contribution in [0.5, 0.6) is 0 Å². The Hall–Kier alpha value is -0.670. The minimum atomic E-state index is 0.675. The van der Waals surface area contributed by atoms with Crippen LogP contribution >= 0.6 is 11.3 Å². The molecule has 0 aliphatic heterocycles. The van der Waals surface area contributed by atoms with Gasteiger partial charge in [-0.3, -0.25) is 4.98 Å². The molecule has 0 aliphatic rings. The van der Waals surface area contributed by atoms with Crippen LogP contribution in [-0.2, 0) is 11.3 Å². The highest BCUT2D eigenvalue weighted by molar-refractivity contribution is 7.09. The van der Waals surface area contributed by atoms with Gasteiger partial charge in [0.1, 0.15) is 0 Å². The Balaban J connectivity index is 2.16. The van der Waals surface area contributed by atoms with Crippen LogP contribution in [0.3, 0.4) is 0 Å². The maximum atomic E-state index is 5.38. The summed E-state index contributed by atoms with van der Waals surface area (Å²) >= 11 is 1.62. The number of allylic oxidation sites excluding steroid dienone is 1. The zero-order valence-corrected chi connectivity index (χ0v) is 8.23. The zero-order valence-electron chi connectivity index (χ0n) is 7.41. The molecule has 0 bridgehead atoms. The van der Waals surface area contributed by atoms with E-state index in [9.17, 15) is 0 Å². The molecule has 0 spiro atoms. The lowest BCUT2D eigenvalue weighted by molar-refractivity contribution is 0.150. The largest absolute Gasteiger partial charge is 0.372 e. The van der Waals surface area contributed by atoms with Gasteiger partial charge in [-0.25, -0.2) is 0 Å². The normalized spacial score (nSPS) is 9.83. The SMILES string of the molecule is CC(C)=CCOCc1cncs1. The van der Waals surface area contributed by atoms with Crippen molar-refractivity contribution in [1.29, 1.82) is 0 Å². The van der Waals surface area contributed by atoms with E-state index in [1.165, 1.54) is 10.5 Å². The van der Waals surface area contributed by atoms with Crippen LogP contribution in [0.25, 0.3) is 0 Å². The fraction of sp³-hybridized carbons (Fsp3) is 0.444. The summed E-state index contributed by atoms with van der Waals surface area (Å²) in [6.45, 7) is 5.50. The molecule has 0 radical (unpaired) electrons. The van der Waals surface area contributed by atoms with Gasteiger partial charge < -0.3 is 4.74 Å². The molecule has 0 atom stereocenters. The lowest BCUT2D eigenvalue weighted by Gasteiger charge is -1.97. The first-order valence-corrected chi connectivity index (χ1v) is 4.75. The summed E-state index contributed by atoms with van der Waals surface area (Å²) < 4.78 is 5.38. The first kappa shape index (κ1) is 9.42. The monoisotopic (exact) mass is 183 g/mol. The van der Waals surface area contributed by atoms with E-state index in [0.29, 0.717) is 13.2 Å². The van der Waals surface area contributed by atoms with Gasteiger partial charge in [0, 0.05) is 6.20 Å². The molecule has 66 valence electrons. The van der Waals surface area contributed by atoms with E-state index in [1.807, 2.05) is 11.7 Å². The predicted octanol–water partition coefficient (Wildman–Crippen LogP) is 2.63. The molecule has 1 aromatic heterocycles. The van der Waals surface area contributed by atoms with Crippen molar-refractivity contribution in [2.24, 2.45) is 0 Å². The predicted molar refractivity (Wildman–Crippen MR) is 51.2 cm³/mol. The fourth-order valence-electron chi connectivity index (χ4n) is 0.699. The minimum Gasteiger partial charge on any atom is -0.372 e. The Morgan fingerprint density at radius 3 is 3.08 bits per heavy atom. The van der Waals surface area contributed by atoms with Gasteiger partial charge in [0.2, 0.25) is 0 Å². The summed E-state index contributed by atoms with van der Waals surface area (Å²) in [5.74, 6) is 0. The Labute approximate surface area is 76.9 Å². The van der Waals surface area contributed by atoms with Crippen molar-refractivity contribution in [3.8, 4) is 0 Å². The molecular weight excluding hydrogens is 170 g/mol. The summed E-state index contributed by atoms with van der Waals surface area (Å²) in [6.07, 6.45) is 3.91. The Bertz CT molecular complexity index is 237. The van der Waals surface area contributed by atoms with Gasteiger partial charge in [-0.2, -0.15) is 0 Å². The maximum Gasteiger partial charge on any atom is 0.0829 e. The Morgan fingerprint density at radius 2 is 2.50 bits per heavy atom. The van der Waals surface area contributed by atoms with Gasteiger partial charge >= 0.3 is 0 Å². The second-order valence-corrected chi connectivity index (χ2v) is 3.74. The molecular formula is C9H13NOS. The van der Waals surface area contributed by atoms with Gasteiger partial charge in [-0.05, 0) is 13.8 Å². The zero-order chi connectivity index (χ0) is 8.81. The molecule has 3 heteroatoms. The molecule has 12 heavy (non-hydrogen) atoms. The van der Waals surface area contributed by atoms with E-state index in [1.54, 1.807) is 11.3 Å². The summed E-state index contributed by atoms with van der Waals surface area (Å²) in [6, 6.07) is 0. The molecule has 0 amide bonds. The number of hydrogen-bond acceptors (Lipinski definition) is 3. The van der Waals surface area contributed by atoms with E-state index in [0.717, 1.165) is 0 Å². The van der Waals surface area contributed by atoms with Gasteiger partial charge in [0.05, 0.1) is 23.6 Å². The minimum absolute atomic E-state index is 0.675. The van der Waals surface area contributed by atoms with Crippen molar-refractivity contribution in [2.45, 2.75) is 20.5 Å². The molecule has 0 saturated carbocycles. The summed E-state index contributed by atoms with van der Waals surface area (Å²) in [5.41, 5.74) is 3.11. The average Bonchev–Trinajstić information content (AvgIpc) is 2.49. The first-order chi connectivity index (χ1) is 5.79.